The topological polar surface area (TPSA) is 66.8 Å². The molecule has 1 unspecified atom stereocenters. The highest BCUT2D eigenvalue weighted by atomic mass is 16.5. The van der Waals surface area contributed by atoms with Crippen molar-refractivity contribution in [2.45, 2.75) is 45.1 Å². The molecule has 0 aromatic heterocycles. The second-order valence-electron chi connectivity index (χ2n) is 4.40. The molecule has 1 rings (SSSR count). The van der Waals surface area contributed by atoms with Crippen LogP contribution in [0.4, 0.5) is 0 Å². The minimum absolute atomic E-state index is 0.0237. The molecule has 1 heterocycles. The van der Waals surface area contributed by atoms with Crippen molar-refractivity contribution in [3.63, 3.8) is 0 Å². The third-order valence-electron chi connectivity index (χ3n) is 2.85. The van der Waals surface area contributed by atoms with Gasteiger partial charge in [0.25, 0.3) is 0 Å². The van der Waals surface area contributed by atoms with Gasteiger partial charge in [-0.2, -0.15) is 0 Å². The highest BCUT2D eigenvalue weighted by molar-refractivity contribution is 5.81. The molecule has 98 valence electrons. The number of amides is 1. The van der Waals surface area contributed by atoms with Crippen molar-refractivity contribution in [3.05, 3.63) is 0 Å². The monoisotopic (exact) mass is 243 g/mol. The first-order valence-electron chi connectivity index (χ1n) is 6.24. The van der Waals surface area contributed by atoms with Crippen LogP contribution < -0.4 is 0 Å². The lowest BCUT2D eigenvalue weighted by molar-refractivity contribution is -0.146. The van der Waals surface area contributed by atoms with Crippen LogP contribution >= 0.6 is 0 Å². The number of ether oxygens (including phenoxy) is 1. The lowest BCUT2D eigenvalue weighted by Crippen LogP contribution is -2.38. The van der Waals surface area contributed by atoms with Gasteiger partial charge in [-0.1, -0.05) is 6.92 Å². The summed E-state index contributed by atoms with van der Waals surface area (Å²) in [7, 11) is 0. The Bertz CT molecular complexity index is 261. The third-order valence-corrected chi connectivity index (χ3v) is 2.85. The van der Waals surface area contributed by atoms with Gasteiger partial charge in [0.2, 0.25) is 5.91 Å². The first-order chi connectivity index (χ1) is 8.13. The molecular formula is C12H21NO4. The number of nitrogens with zero attached hydrogens (tertiary/aromatic N) is 1. The summed E-state index contributed by atoms with van der Waals surface area (Å²) in [5, 5.41) is 8.74. The number of hydrogen-bond acceptors (Lipinski definition) is 3. The fourth-order valence-electron chi connectivity index (χ4n) is 2.02. The van der Waals surface area contributed by atoms with E-state index in [-0.39, 0.29) is 18.6 Å². The molecule has 5 heteroatoms. The van der Waals surface area contributed by atoms with E-state index in [2.05, 4.69) is 0 Å². The van der Waals surface area contributed by atoms with E-state index in [9.17, 15) is 9.59 Å². The van der Waals surface area contributed by atoms with Crippen LogP contribution in [0, 0.1) is 0 Å². The predicted octanol–water partition coefficient (Wildman–Crippen LogP) is 1.27. The predicted molar refractivity (Wildman–Crippen MR) is 62.7 cm³/mol. The summed E-state index contributed by atoms with van der Waals surface area (Å²) in [6.07, 6.45) is 4.10. The maximum absolute atomic E-state index is 11.9. The molecule has 0 saturated carbocycles. The Morgan fingerprint density at radius 1 is 1.41 bits per heavy atom. The van der Waals surface area contributed by atoms with Crippen LogP contribution in [0.5, 0.6) is 0 Å². The van der Waals surface area contributed by atoms with E-state index >= 15 is 0 Å². The highest BCUT2D eigenvalue weighted by Gasteiger charge is 2.22. The van der Waals surface area contributed by atoms with Crippen LogP contribution in [-0.4, -0.2) is 47.7 Å². The number of carboxylic acids is 1. The van der Waals surface area contributed by atoms with Crippen LogP contribution in [0.15, 0.2) is 0 Å². The Morgan fingerprint density at radius 3 is 2.71 bits per heavy atom. The quantitative estimate of drug-likeness (QED) is 0.763. The zero-order valence-electron chi connectivity index (χ0n) is 10.4. The summed E-state index contributed by atoms with van der Waals surface area (Å²) in [4.78, 5) is 24.0. The smallest absolute Gasteiger partial charge is 0.323 e. The van der Waals surface area contributed by atoms with Gasteiger partial charge in [0.05, 0.1) is 12.5 Å². The van der Waals surface area contributed by atoms with E-state index in [1.54, 1.807) is 0 Å². The molecule has 1 N–H and O–H groups in total. The standard InChI is InChI=1S/C12H21NO4/c1-2-6-13(9-12(15)16)11(14)8-10-5-3-4-7-17-10/h10H,2-9H2,1H3,(H,15,16). The van der Waals surface area contributed by atoms with Crippen molar-refractivity contribution < 1.29 is 19.4 Å². The van der Waals surface area contributed by atoms with Gasteiger partial charge in [-0.05, 0) is 25.7 Å². The molecular weight excluding hydrogens is 222 g/mol. The minimum Gasteiger partial charge on any atom is -0.480 e. The van der Waals surface area contributed by atoms with E-state index in [0.717, 1.165) is 25.7 Å². The minimum atomic E-state index is -0.962. The van der Waals surface area contributed by atoms with Crippen molar-refractivity contribution in [1.29, 1.82) is 0 Å². The Kier molecular flexibility index (Phi) is 5.97. The van der Waals surface area contributed by atoms with Crippen molar-refractivity contribution in [1.82, 2.24) is 4.90 Å². The Hall–Kier alpha value is -1.10. The number of carbonyl (C=O) groups is 2. The van der Waals surface area contributed by atoms with Gasteiger partial charge in [-0.15, -0.1) is 0 Å². The van der Waals surface area contributed by atoms with Crippen LogP contribution in [0.3, 0.4) is 0 Å². The molecule has 5 nitrogen and oxygen atoms in total. The first-order valence-corrected chi connectivity index (χ1v) is 6.24. The SMILES string of the molecule is CCCN(CC(=O)O)C(=O)CC1CCCCO1. The lowest BCUT2D eigenvalue weighted by Gasteiger charge is -2.26. The Morgan fingerprint density at radius 2 is 2.18 bits per heavy atom. The molecule has 1 fully saturated rings. The maximum atomic E-state index is 11.9. The van der Waals surface area contributed by atoms with Gasteiger partial charge in [-0.25, -0.2) is 0 Å². The van der Waals surface area contributed by atoms with Gasteiger partial charge < -0.3 is 14.7 Å². The second-order valence-corrected chi connectivity index (χ2v) is 4.40. The first kappa shape index (κ1) is 14.0. The molecule has 1 aliphatic rings. The number of carbonyl (C=O) groups excluding carboxylic acids is 1. The molecule has 1 atom stereocenters. The number of aliphatic carboxylic acids is 1. The zero-order valence-corrected chi connectivity index (χ0v) is 10.4. The highest BCUT2D eigenvalue weighted by Crippen LogP contribution is 2.16. The molecule has 0 radical (unpaired) electrons. The van der Waals surface area contributed by atoms with Crippen LogP contribution in [0.2, 0.25) is 0 Å². The fraction of sp³-hybridized carbons (Fsp3) is 0.833. The second kappa shape index (κ2) is 7.27. The average molecular weight is 243 g/mol. The number of hydrogen-bond donors (Lipinski definition) is 1. The molecule has 0 bridgehead atoms. The van der Waals surface area contributed by atoms with Crippen molar-refractivity contribution in [2.24, 2.45) is 0 Å². The molecule has 0 aromatic rings. The number of rotatable bonds is 6. The van der Waals surface area contributed by atoms with Gasteiger partial charge in [-0.3, -0.25) is 9.59 Å². The molecule has 1 aliphatic heterocycles. The molecule has 1 amide bonds. The lowest BCUT2D eigenvalue weighted by atomic mass is 10.1. The largest absolute Gasteiger partial charge is 0.480 e. The van der Waals surface area contributed by atoms with E-state index in [4.69, 9.17) is 9.84 Å². The van der Waals surface area contributed by atoms with Gasteiger partial charge in [0, 0.05) is 13.2 Å². The van der Waals surface area contributed by atoms with E-state index in [1.807, 2.05) is 6.92 Å². The van der Waals surface area contributed by atoms with Crippen LogP contribution in [0.25, 0.3) is 0 Å². The molecule has 1 saturated heterocycles. The average Bonchev–Trinajstić information content (AvgIpc) is 2.29. The van der Waals surface area contributed by atoms with E-state index < -0.39 is 5.97 Å². The zero-order chi connectivity index (χ0) is 12.7. The molecule has 0 spiro atoms. The van der Waals surface area contributed by atoms with Crippen molar-refractivity contribution in [2.75, 3.05) is 19.7 Å². The molecule has 0 aliphatic carbocycles. The summed E-state index contributed by atoms with van der Waals surface area (Å²) < 4.78 is 5.49. The summed E-state index contributed by atoms with van der Waals surface area (Å²) in [5.41, 5.74) is 0. The summed E-state index contributed by atoms with van der Waals surface area (Å²) in [5.74, 6) is -1.07. The third kappa shape index (κ3) is 5.17. The molecule has 0 aromatic carbocycles. The van der Waals surface area contributed by atoms with Gasteiger partial charge in [0.1, 0.15) is 6.54 Å². The summed E-state index contributed by atoms with van der Waals surface area (Å²) in [6.45, 7) is 2.93. The summed E-state index contributed by atoms with van der Waals surface area (Å²) in [6, 6.07) is 0. The number of carboxylic acid groups (broad SMARTS) is 1. The van der Waals surface area contributed by atoms with Gasteiger partial charge >= 0.3 is 5.97 Å². The van der Waals surface area contributed by atoms with E-state index in [1.165, 1.54) is 4.90 Å². The van der Waals surface area contributed by atoms with Crippen molar-refractivity contribution >= 4 is 11.9 Å². The fourth-order valence-corrected chi connectivity index (χ4v) is 2.02. The van der Waals surface area contributed by atoms with E-state index in [0.29, 0.717) is 19.6 Å². The maximum Gasteiger partial charge on any atom is 0.323 e. The van der Waals surface area contributed by atoms with Crippen molar-refractivity contribution in [3.8, 4) is 0 Å². The molecule has 17 heavy (non-hydrogen) atoms. The van der Waals surface area contributed by atoms with Gasteiger partial charge in [0.15, 0.2) is 0 Å². The Balaban J connectivity index is 2.42. The Labute approximate surface area is 102 Å². The van der Waals surface area contributed by atoms with Crippen LogP contribution in [-0.2, 0) is 14.3 Å². The van der Waals surface area contributed by atoms with Crippen LogP contribution in [0.1, 0.15) is 39.0 Å². The summed E-state index contributed by atoms with van der Waals surface area (Å²) >= 11 is 0. The normalized spacial score (nSPS) is 19.9.